The van der Waals surface area contributed by atoms with Gasteiger partial charge in [-0.05, 0) is 132 Å². The Morgan fingerprint density at radius 1 is 0.374 bits per heavy atom. The molecule has 0 saturated heterocycles. The minimum atomic E-state index is -4.16. The summed E-state index contributed by atoms with van der Waals surface area (Å²) >= 11 is 0. The number of hydrogen-bond acceptors (Lipinski definition) is 21. The van der Waals surface area contributed by atoms with Crippen molar-refractivity contribution < 1.29 is 74.4 Å². The number of aromatic nitrogens is 4. The van der Waals surface area contributed by atoms with E-state index in [-0.39, 0.29) is 7.43 Å². The molecule has 1 aliphatic carbocycles. The first kappa shape index (κ1) is 97.5. The van der Waals surface area contributed by atoms with Gasteiger partial charge < -0.3 is 19.6 Å². The Kier molecular flexibility index (Phi) is 51.7. The molecule has 0 amide bonds. The number of rotatable bonds is 28. The highest BCUT2D eigenvalue weighted by Gasteiger charge is 2.08. The van der Waals surface area contributed by atoms with Crippen LogP contribution < -0.4 is 33.3 Å². The maximum absolute atomic E-state index is 10.7. The van der Waals surface area contributed by atoms with Gasteiger partial charge in [-0.25, -0.2) is 13.7 Å². The molecule has 4 aromatic heterocycles. The summed E-state index contributed by atoms with van der Waals surface area (Å²) in [5.41, 5.74) is 13.6. The van der Waals surface area contributed by atoms with Crippen LogP contribution in [0.15, 0.2) is 195 Å². The summed E-state index contributed by atoms with van der Waals surface area (Å²) in [6.45, 7) is 8.10. The van der Waals surface area contributed by atoms with E-state index < -0.39 is 31.2 Å². The van der Waals surface area contributed by atoms with Crippen LogP contribution in [-0.4, -0.2) is 158 Å². The number of hydrogen-bond donors (Lipinski definition) is 2. The normalized spacial score (nSPS) is 11.5. The van der Waals surface area contributed by atoms with Crippen LogP contribution >= 0.6 is 43.2 Å². The number of benzene rings is 4. The van der Waals surface area contributed by atoms with Crippen LogP contribution in [0.2, 0.25) is 0 Å². The third-order valence-electron chi connectivity index (χ3n) is 15.1. The van der Waals surface area contributed by atoms with Gasteiger partial charge in [-0.3, -0.25) is 40.4 Å². The fourth-order valence-corrected chi connectivity index (χ4v) is 12.8. The molecular weight excluding hydrogens is 1500 g/mol. The summed E-state index contributed by atoms with van der Waals surface area (Å²) in [5.74, 6) is 4.26. The fraction of sp³-hybridized carbons (Fsp3) is 0.359. The van der Waals surface area contributed by atoms with Crippen molar-refractivity contribution in [2.75, 3.05) is 125 Å². The van der Waals surface area contributed by atoms with Gasteiger partial charge in [0.15, 0.2) is 37.2 Å². The van der Waals surface area contributed by atoms with Crippen molar-refractivity contribution >= 4 is 134 Å². The van der Waals surface area contributed by atoms with Gasteiger partial charge in [0.05, 0.1) is 28.4 Å². The van der Waals surface area contributed by atoms with E-state index in [1.54, 1.807) is 12.4 Å². The zero-order valence-corrected chi connectivity index (χ0v) is 68.8. The summed E-state index contributed by atoms with van der Waals surface area (Å²) in [6, 6.07) is 49.5. The average Bonchev–Trinajstić information content (AvgIpc) is 0.901. The second-order valence-electron chi connectivity index (χ2n) is 23.5. The van der Waals surface area contributed by atoms with Gasteiger partial charge in [0.25, 0.3) is 0 Å². The lowest BCUT2D eigenvalue weighted by molar-refractivity contribution is -0.671. The third-order valence-corrected chi connectivity index (χ3v) is 21.5. The summed E-state index contributed by atoms with van der Waals surface area (Å²) in [5, 5.41) is 0. The Morgan fingerprint density at radius 2 is 0.589 bits per heavy atom. The molecule has 107 heavy (non-hydrogen) atoms. The first-order valence-corrected chi connectivity index (χ1v) is 42.7. The number of aryl methyl sites for hydroxylation is 5. The minimum Gasteiger partial charge on any atom is -0.374 e. The van der Waals surface area contributed by atoms with Crippen LogP contribution in [0.4, 0.5) is 22.7 Å². The van der Waals surface area contributed by atoms with E-state index in [4.69, 9.17) is 9.11 Å². The molecule has 0 atom stereocenters. The molecule has 586 valence electrons. The molecule has 22 nitrogen and oxygen atoms in total. The van der Waals surface area contributed by atoms with Crippen molar-refractivity contribution in [1.29, 1.82) is 0 Å². The van der Waals surface area contributed by atoms with Gasteiger partial charge in [0, 0.05) is 160 Å². The van der Waals surface area contributed by atoms with Crippen LogP contribution in [0.25, 0.3) is 24.3 Å². The second kappa shape index (κ2) is 56.7. The number of carbonyl (C=O) groups is 2. The van der Waals surface area contributed by atoms with Crippen molar-refractivity contribution in [3.63, 3.8) is 0 Å². The number of nitrogens with zero attached hydrogens (tertiary/aromatic N) is 8. The van der Waals surface area contributed by atoms with Crippen LogP contribution in [0, 0.1) is 13.8 Å². The Morgan fingerprint density at radius 3 is 0.776 bits per heavy atom. The lowest BCUT2D eigenvalue weighted by Crippen LogP contribution is -2.25. The van der Waals surface area contributed by atoms with Crippen LogP contribution in [0.5, 0.6) is 0 Å². The van der Waals surface area contributed by atoms with Crippen molar-refractivity contribution in [3.05, 3.63) is 240 Å². The average molecular weight is 1610 g/mol. The molecule has 0 aliphatic heterocycles. The molecule has 1 aliphatic rings. The second-order valence-corrected chi connectivity index (χ2v) is 32.7. The SMILES string of the molecule is C.C1CCCCC1.CN(CCSSCCN(C)c1ccc(/C=C/c2cc[n+](C)cc2)cc1)c1ccc(/C=C/c2cc[n+](C)cc2)cc1.CN(CCSSCCN(C)c1ccc(C=O)cc1)c1ccc(C=O)cc1.COS(=O)(=O)O.COS(=O)(=O)O.COS(=O)(=O)OC.Cc1cc[n+](C)cc1.Cc1ccncc1. The predicted octanol–water partition coefficient (Wildman–Crippen LogP) is 14.5. The molecule has 1 fully saturated rings. The quantitative estimate of drug-likeness (QED) is 0.0152. The molecule has 8 aromatic rings. The van der Waals surface area contributed by atoms with Gasteiger partial charge >= 0.3 is 31.2 Å². The van der Waals surface area contributed by atoms with E-state index in [2.05, 4.69) is 210 Å². The number of pyridine rings is 4. The predicted molar refractivity (Wildman–Crippen MR) is 448 cm³/mol. The van der Waals surface area contributed by atoms with Crippen molar-refractivity contribution in [3.8, 4) is 0 Å². The van der Waals surface area contributed by atoms with Crippen LogP contribution in [0.1, 0.15) is 100 Å². The van der Waals surface area contributed by atoms with E-state index in [1.165, 1.54) is 83.3 Å². The molecule has 2 N–H and O–H groups in total. The zero-order chi connectivity index (χ0) is 78.6. The lowest BCUT2D eigenvalue weighted by Gasteiger charge is -2.20. The molecule has 4 aromatic carbocycles. The molecule has 9 rings (SSSR count). The minimum absolute atomic E-state index is 0. The number of carbonyl (C=O) groups excluding carboxylic acids is 2. The van der Waals surface area contributed by atoms with Crippen molar-refractivity contribution in [2.45, 2.75) is 59.8 Å². The Labute approximate surface area is 654 Å². The van der Waals surface area contributed by atoms with Crippen molar-refractivity contribution in [1.82, 2.24) is 4.98 Å². The van der Waals surface area contributed by atoms with E-state index in [0.29, 0.717) is 11.1 Å². The Bertz CT molecular complexity index is 3820. The molecule has 1 saturated carbocycles. The maximum atomic E-state index is 10.7. The Balaban J connectivity index is 0.000000719. The van der Waals surface area contributed by atoms with E-state index in [9.17, 15) is 34.8 Å². The van der Waals surface area contributed by atoms with Crippen molar-refractivity contribution in [2.24, 2.45) is 21.1 Å². The largest absolute Gasteiger partial charge is 0.399 e. The van der Waals surface area contributed by atoms with Crippen LogP contribution in [0.3, 0.4) is 0 Å². The van der Waals surface area contributed by atoms with E-state index in [0.717, 1.165) is 102 Å². The van der Waals surface area contributed by atoms with Gasteiger partial charge in [-0.1, -0.05) is 138 Å². The molecule has 0 unspecified atom stereocenters. The third kappa shape index (κ3) is 49.2. The monoisotopic (exact) mass is 1610 g/mol. The highest BCUT2D eigenvalue weighted by molar-refractivity contribution is 8.77. The highest BCUT2D eigenvalue weighted by Crippen LogP contribution is 2.26. The molecule has 0 bridgehead atoms. The van der Waals surface area contributed by atoms with Gasteiger partial charge in [-0.2, -0.15) is 25.3 Å². The summed E-state index contributed by atoms with van der Waals surface area (Å²) in [6.07, 6.45) is 35.3. The molecule has 0 radical (unpaired) electrons. The van der Waals surface area contributed by atoms with E-state index >= 15 is 0 Å². The molecule has 0 spiro atoms. The van der Waals surface area contributed by atoms with Crippen LogP contribution in [-0.2, 0) is 69.1 Å². The first-order valence-electron chi connectivity index (χ1n) is 33.6. The zero-order valence-electron chi connectivity index (χ0n) is 63.1. The molecular formula is C78H111N8O14S7+3. The standard InChI is InChI=1S/C34H40N4S2.C20H24N2O2S2.C7H10N.C6H7N.C6H12.C2H6O4S.2CH4O4S.CH4/c1-35-21-17-31(18-22-35)7-5-29-9-13-33(14-10-29)37(3)25-27-39-40-28-26-38(4)34-15-11-30(12-16-34)6-8-32-19-23-36(2)24-20-32;1-21(19-7-3-17(15-23)4-8-19)11-13-25-26-14-12-22(2)20-9-5-18(16-24)6-10-20;1-7-3-5-8(2)6-4-7;1-6-2-4-7-5-3-6;1-2-4-6-5-3-1;1-5-7(3,4)6-2;2*1-5-6(2,3)4;/h5-24H,25-28H2,1-4H3;3-10,15-16H,11-14H2,1-2H3;3-6H,1-2H3;2-5H,1H3;1-6H2;1-2H3;2*1H3,(H,2,3,4);1H4/q+2;;+1;;;;;;. The summed E-state index contributed by atoms with van der Waals surface area (Å²) in [4.78, 5) is 34.3. The number of anilines is 4. The Hall–Kier alpha value is -7.49. The number of aldehydes is 2. The fourth-order valence-electron chi connectivity index (χ4n) is 8.51. The summed E-state index contributed by atoms with van der Waals surface area (Å²) in [7, 11) is 14.0. The van der Waals surface area contributed by atoms with E-state index in [1.807, 2.05) is 158 Å². The lowest BCUT2D eigenvalue weighted by atomic mass is 10.0. The summed E-state index contributed by atoms with van der Waals surface area (Å²) < 4.78 is 93.0. The van der Waals surface area contributed by atoms with Gasteiger partial charge in [0.2, 0.25) is 0 Å². The highest BCUT2D eigenvalue weighted by atomic mass is 33.1. The molecule has 29 heteroatoms. The first-order chi connectivity index (χ1) is 50.5. The molecule has 4 heterocycles. The topological polar surface area (TPSA) is 251 Å². The van der Waals surface area contributed by atoms with Gasteiger partial charge in [0.1, 0.15) is 33.7 Å². The maximum Gasteiger partial charge on any atom is 0.399 e. The van der Waals surface area contributed by atoms with Gasteiger partial charge in [-0.15, -0.1) is 0 Å². The smallest absolute Gasteiger partial charge is 0.374 e.